The first kappa shape index (κ1) is 17.3. The van der Waals surface area contributed by atoms with Crippen molar-refractivity contribution in [2.75, 3.05) is 13.2 Å². The van der Waals surface area contributed by atoms with Gasteiger partial charge in [0, 0.05) is 13.0 Å². The lowest BCUT2D eigenvalue weighted by atomic mass is 10.1. The minimum atomic E-state index is -1.54. The van der Waals surface area contributed by atoms with E-state index in [0.717, 1.165) is 19.4 Å². The lowest BCUT2D eigenvalue weighted by Gasteiger charge is -2.24. The Bertz CT molecular complexity index is 289. The summed E-state index contributed by atoms with van der Waals surface area (Å²) in [5.41, 5.74) is 0. The van der Waals surface area contributed by atoms with Gasteiger partial charge >= 0.3 is 0 Å². The molecule has 1 heterocycles. The smallest absolute Gasteiger partial charge is 0.262 e. The highest BCUT2D eigenvalue weighted by molar-refractivity contribution is 6.68. The van der Waals surface area contributed by atoms with Crippen LogP contribution >= 0.6 is 34.8 Å². The Kier molecular flexibility index (Phi) is 7.19. The Hall–Kier alpha value is 0.260. The average molecular weight is 333 g/mol. The van der Waals surface area contributed by atoms with Gasteiger partial charge in [0.15, 0.2) is 0 Å². The van der Waals surface area contributed by atoms with Gasteiger partial charge in [0.2, 0.25) is 12.1 Å². The summed E-state index contributed by atoms with van der Waals surface area (Å²) >= 11 is 17.7. The summed E-state index contributed by atoms with van der Waals surface area (Å²) in [6, 6.07) is 0. The molecule has 1 saturated heterocycles. The molecule has 1 amide bonds. The number of carbonyl (C=O) groups excluding carboxylic acids is 1. The number of nitrogens with two attached hydrogens (primary N) is 1. The zero-order valence-electron chi connectivity index (χ0n) is 11.3. The summed E-state index contributed by atoms with van der Waals surface area (Å²) in [6.45, 7) is 5.41. The third-order valence-corrected chi connectivity index (χ3v) is 3.63. The molecule has 0 aliphatic carbocycles. The highest BCUT2D eigenvalue weighted by atomic mass is 35.6. The number of hydrogen-bond acceptors (Lipinski definition) is 2. The molecule has 1 aliphatic rings. The number of ether oxygens (including phenoxy) is 1. The maximum Gasteiger partial charge on any atom is 0.262 e. The van der Waals surface area contributed by atoms with E-state index >= 15 is 0 Å². The number of halogens is 3. The largest absolute Gasteiger partial charge is 0.372 e. The van der Waals surface area contributed by atoms with Crippen LogP contribution in [-0.2, 0) is 9.53 Å². The second kappa shape index (κ2) is 7.89. The molecule has 4 nitrogen and oxygen atoms in total. The number of alkyl halides is 3. The summed E-state index contributed by atoms with van der Waals surface area (Å²) in [4.78, 5) is 11.8. The molecule has 0 aromatic carbocycles. The Morgan fingerprint density at radius 3 is 2.63 bits per heavy atom. The van der Waals surface area contributed by atoms with Crippen molar-refractivity contribution in [3.8, 4) is 0 Å². The quantitative estimate of drug-likeness (QED) is 0.573. The van der Waals surface area contributed by atoms with Gasteiger partial charge in [0.05, 0.1) is 0 Å². The number of nitrogens with one attached hydrogen (secondary N) is 1. The predicted octanol–water partition coefficient (Wildman–Crippen LogP) is 1.59. The molecule has 3 N–H and O–H groups in total. The summed E-state index contributed by atoms with van der Waals surface area (Å²) in [5, 5.41) is 4.60. The monoisotopic (exact) mass is 331 g/mol. The summed E-state index contributed by atoms with van der Waals surface area (Å²) < 4.78 is 3.98. The van der Waals surface area contributed by atoms with Gasteiger partial charge in [-0.1, -0.05) is 48.7 Å². The van der Waals surface area contributed by atoms with Crippen LogP contribution in [0.5, 0.6) is 0 Å². The van der Waals surface area contributed by atoms with Crippen LogP contribution in [0.1, 0.15) is 33.1 Å². The van der Waals surface area contributed by atoms with Gasteiger partial charge in [-0.15, -0.1) is 0 Å². The minimum Gasteiger partial charge on any atom is -0.372 e. The van der Waals surface area contributed by atoms with E-state index in [2.05, 4.69) is 5.32 Å². The van der Waals surface area contributed by atoms with Gasteiger partial charge in [-0.3, -0.25) is 4.79 Å². The van der Waals surface area contributed by atoms with Crippen molar-refractivity contribution in [2.45, 2.75) is 49.2 Å². The van der Waals surface area contributed by atoms with E-state index in [1.807, 2.05) is 19.2 Å². The molecule has 0 aromatic heterocycles. The molecule has 0 spiro atoms. The molecule has 2 atom stereocenters. The molecule has 19 heavy (non-hydrogen) atoms. The summed E-state index contributed by atoms with van der Waals surface area (Å²) in [5.74, 6) is 0.170. The van der Waals surface area contributed by atoms with E-state index in [1.54, 1.807) is 0 Å². The van der Waals surface area contributed by atoms with Crippen LogP contribution < -0.4 is 10.6 Å². The van der Waals surface area contributed by atoms with Crippen molar-refractivity contribution in [3.05, 3.63) is 0 Å². The Balaban J connectivity index is 2.44. The fourth-order valence-corrected chi connectivity index (χ4v) is 2.43. The van der Waals surface area contributed by atoms with Crippen molar-refractivity contribution in [2.24, 2.45) is 5.92 Å². The average Bonchev–Trinajstić information content (AvgIpc) is 2.74. The highest BCUT2D eigenvalue weighted by Crippen LogP contribution is 2.27. The normalized spacial score (nSPS) is 21.7. The highest BCUT2D eigenvalue weighted by Gasteiger charge is 2.38. The second-order valence-corrected chi connectivity index (χ2v) is 7.66. The molecule has 112 valence electrons. The third kappa shape index (κ3) is 7.00. The van der Waals surface area contributed by atoms with Crippen LogP contribution in [0.3, 0.4) is 0 Å². The zero-order chi connectivity index (χ0) is 14.5. The minimum absolute atomic E-state index is 0.102. The van der Waals surface area contributed by atoms with E-state index in [0.29, 0.717) is 13.0 Å². The third-order valence-electron chi connectivity index (χ3n) is 2.92. The molecule has 1 rings (SSSR count). The molecular formula is C12H22Cl3N2O2+. The lowest BCUT2D eigenvalue weighted by molar-refractivity contribution is -0.697. The molecule has 0 bridgehead atoms. The lowest BCUT2D eigenvalue weighted by Crippen LogP contribution is -2.97. The maximum absolute atomic E-state index is 11.8. The van der Waals surface area contributed by atoms with Crippen molar-refractivity contribution in [1.29, 1.82) is 0 Å². The van der Waals surface area contributed by atoms with Gasteiger partial charge in [0.1, 0.15) is 12.6 Å². The van der Waals surface area contributed by atoms with E-state index in [9.17, 15) is 4.79 Å². The van der Waals surface area contributed by atoms with Gasteiger partial charge in [-0.25, -0.2) is 0 Å². The van der Waals surface area contributed by atoms with Gasteiger partial charge < -0.3 is 15.4 Å². The number of rotatable bonds is 6. The first-order valence-corrected chi connectivity index (χ1v) is 7.73. The second-order valence-electron chi connectivity index (χ2n) is 5.29. The van der Waals surface area contributed by atoms with Crippen LogP contribution in [-0.4, -0.2) is 35.1 Å². The van der Waals surface area contributed by atoms with Gasteiger partial charge in [-0.05, 0) is 18.8 Å². The Morgan fingerprint density at radius 1 is 1.47 bits per heavy atom. The van der Waals surface area contributed by atoms with Crippen LogP contribution in [0, 0.1) is 5.92 Å². The van der Waals surface area contributed by atoms with Crippen molar-refractivity contribution >= 4 is 40.7 Å². The van der Waals surface area contributed by atoms with E-state index in [1.165, 1.54) is 0 Å². The Morgan fingerprint density at radius 2 is 2.16 bits per heavy atom. The van der Waals surface area contributed by atoms with Crippen LogP contribution in [0.15, 0.2) is 0 Å². The van der Waals surface area contributed by atoms with Crippen LogP contribution in [0.2, 0.25) is 0 Å². The molecule has 0 unspecified atom stereocenters. The molecule has 7 heteroatoms. The Labute approximate surface area is 129 Å². The zero-order valence-corrected chi connectivity index (χ0v) is 13.6. The molecule has 0 radical (unpaired) electrons. The van der Waals surface area contributed by atoms with E-state index < -0.39 is 9.96 Å². The molecule has 1 fully saturated rings. The fraction of sp³-hybridized carbons (Fsp3) is 0.917. The first-order chi connectivity index (χ1) is 8.79. The van der Waals surface area contributed by atoms with Crippen molar-refractivity contribution < 1.29 is 14.8 Å². The predicted molar refractivity (Wildman–Crippen MR) is 77.4 cm³/mol. The maximum atomic E-state index is 11.8. The van der Waals surface area contributed by atoms with Crippen LogP contribution in [0.25, 0.3) is 0 Å². The van der Waals surface area contributed by atoms with Crippen LogP contribution in [0.4, 0.5) is 0 Å². The summed E-state index contributed by atoms with van der Waals surface area (Å²) in [6.07, 6.45) is 2.09. The van der Waals surface area contributed by atoms with Crippen molar-refractivity contribution in [1.82, 2.24) is 5.32 Å². The standard InChI is InChI=1S/C12H21Cl3N2O2/c1-8(2)6-10(18)17-11(12(13,14)15)16-7-9-4-3-5-19-9/h8-9,11,16H,3-7H2,1-2H3,(H,17,18)/p+1/t9-,11-/m1/s1. The number of hydrogen-bond donors (Lipinski definition) is 2. The van der Waals surface area contributed by atoms with Gasteiger partial charge in [-0.2, -0.15) is 0 Å². The SMILES string of the molecule is CC(C)CC(=O)N[C@@H]([NH2+]C[C@H]1CCCO1)C(Cl)(Cl)Cl. The number of carbonyl (C=O) groups is 1. The first-order valence-electron chi connectivity index (χ1n) is 6.60. The van der Waals surface area contributed by atoms with Gasteiger partial charge in [0.25, 0.3) is 3.79 Å². The number of quaternary nitrogens is 1. The van der Waals surface area contributed by atoms with E-state index in [-0.39, 0.29) is 17.9 Å². The van der Waals surface area contributed by atoms with Crippen molar-refractivity contribution in [3.63, 3.8) is 0 Å². The molecule has 0 saturated carbocycles. The molecule has 1 aliphatic heterocycles. The van der Waals surface area contributed by atoms with E-state index in [4.69, 9.17) is 39.5 Å². The molecular weight excluding hydrogens is 311 g/mol. The topological polar surface area (TPSA) is 54.9 Å². The summed E-state index contributed by atoms with van der Waals surface area (Å²) in [7, 11) is 0. The number of amides is 1. The molecule has 0 aromatic rings. The fourth-order valence-electron chi connectivity index (χ4n) is 2.00.